The molecule has 30 heavy (non-hydrogen) atoms. The first kappa shape index (κ1) is 21.5. The Balaban J connectivity index is 1.53. The fourth-order valence-corrected chi connectivity index (χ4v) is 3.51. The molecule has 3 aromatic carbocycles. The van der Waals surface area contributed by atoms with E-state index in [1.807, 2.05) is 56.3 Å². The van der Waals surface area contributed by atoms with E-state index in [2.05, 4.69) is 10.6 Å². The molecule has 5 nitrogen and oxygen atoms in total. The molecule has 3 aromatic rings. The van der Waals surface area contributed by atoms with Crippen LogP contribution in [0.5, 0.6) is 5.75 Å². The van der Waals surface area contributed by atoms with E-state index in [0.29, 0.717) is 22.8 Å². The largest absolute Gasteiger partial charge is 0.497 e. The molecule has 0 bridgehead atoms. The summed E-state index contributed by atoms with van der Waals surface area (Å²) in [4.78, 5) is 25.6. The average molecular weight is 421 g/mol. The predicted octanol–water partition coefficient (Wildman–Crippen LogP) is 5.30. The fraction of sp³-hybridized carbons (Fsp3) is 0.167. The van der Waals surface area contributed by atoms with Gasteiger partial charge in [-0.25, -0.2) is 0 Å². The lowest BCUT2D eigenvalue weighted by Crippen LogP contribution is -2.15. The van der Waals surface area contributed by atoms with Gasteiger partial charge < -0.3 is 15.4 Å². The van der Waals surface area contributed by atoms with Crippen LogP contribution in [0.4, 0.5) is 11.4 Å². The first-order valence-corrected chi connectivity index (χ1v) is 10.5. The number of benzene rings is 3. The van der Waals surface area contributed by atoms with E-state index in [0.717, 1.165) is 21.7 Å². The molecule has 0 aromatic heterocycles. The summed E-state index contributed by atoms with van der Waals surface area (Å²) in [6.45, 7) is 3.97. The number of thioether (sulfide) groups is 1. The van der Waals surface area contributed by atoms with Crippen LogP contribution in [0.1, 0.15) is 21.5 Å². The highest BCUT2D eigenvalue weighted by Gasteiger charge is 2.09. The highest BCUT2D eigenvalue weighted by molar-refractivity contribution is 8.00. The first-order valence-electron chi connectivity index (χ1n) is 9.50. The van der Waals surface area contributed by atoms with Crippen molar-refractivity contribution in [2.75, 3.05) is 23.5 Å². The van der Waals surface area contributed by atoms with Crippen molar-refractivity contribution >= 4 is 35.0 Å². The van der Waals surface area contributed by atoms with Crippen molar-refractivity contribution in [1.82, 2.24) is 0 Å². The van der Waals surface area contributed by atoms with Crippen molar-refractivity contribution in [1.29, 1.82) is 0 Å². The van der Waals surface area contributed by atoms with Crippen LogP contribution in [0, 0.1) is 13.8 Å². The minimum Gasteiger partial charge on any atom is -0.497 e. The Morgan fingerprint density at radius 1 is 0.933 bits per heavy atom. The molecule has 2 N–H and O–H groups in total. The molecule has 0 aliphatic carbocycles. The highest BCUT2D eigenvalue weighted by Crippen LogP contribution is 2.22. The summed E-state index contributed by atoms with van der Waals surface area (Å²) in [5.74, 6) is 0.683. The summed E-state index contributed by atoms with van der Waals surface area (Å²) in [7, 11) is 1.57. The van der Waals surface area contributed by atoms with Crippen molar-refractivity contribution in [2.45, 2.75) is 18.7 Å². The van der Waals surface area contributed by atoms with Crippen LogP contribution < -0.4 is 15.4 Å². The Hall–Kier alpha value is -3.25. The summed E-state index contributed by atoms with van der Waals surface area (Å²) in [6.07, 6.45) is 0. The van der Waals surface area contributed by atoms with E-state index >= 15 is 0 Å². The number of carbonyl (C=O) groups is 2. The minimum atomic E-state index is -0.206. The summed E-state index contributed by atoms with van der Waals surface area (Å²) in [6, 6.07) is 20.4. The smallest absolute Gasteiger partial charge is 0.255 e. The van der Waals surface area contributed by atoms with Gasteiger partial charge in [-0.3, -0.25) is 9.59 Å². The number of amides is 2. The first-order chi connectivity index (χ1) is 14.4. The number of hydrogen-bond acceptors (Lipinski definition) is 4. The third kappa shape index (κ3) is 5.87. The summed E-state index contributed by atoms with van der Waals surface area (Å²) < 4.78 is 5.15. The monoisotopic (exact) mass is 420 g/mol. The van der Waals surface area contributed by atoms with Gasteiger partial charge in [0.2, 0.25) is 5.91 Å². The van der Waals surface area contributed by atoms with Crippen molar-refractivity contribution < 1.29 is 14.3 Å². The predicted molar refractivity (Wildman–Crippen MR) is 123 cm³/mol. The number of hydrogen-bond donors (Lipinski definition) is 2. The summed E-state index contributed by atoms with van der Waals surface area (Å²) in [5, 5.41) is 5.82. The van der Waals surface area contributed by atoms with Crippen molar-refractivity contribution in [3.8, 4) is 5.75 Å². The molecule has 6 heteroatoms. The van der Waals surface area contributed by atoms with Crippen molar-refractivity contribution in [3.63, 3.8) is 0 Å². The topological polar surface area (TPSA) is 67.4 Å². The number of ether oxygens (including phenoxy) is 1. The minimum absolute atomic E-state index is 0.0518. The Morgan fingerprint density at radius 3 is 2.43 bits per heavy atom. The molecular formula is C24H24N2O3S. The molecule has 0 radical (unpaired) electrons. The SMILES string of the molecule is COc1cccc(C(=O)Nc2ccc(SCC(=O)Nc3cc(C)ccc3C)cc2)c1. The van der Waals surface area contributed by atoms with Crippen molar-refractivity contribution in [2.24, 2.45) is 0 Å². The second kappa shape index (κ2) is 9.98. The molecule has 0 aliphatic heterocycles. The van der Waals surface area contributed by atoms with Gasteiger partial charge in [-0.05, 0) is 73.5 Å². The molecule has 0 saturated carbocycles. The zero-order valence-corrected chi connectivity index (χ0v) is 18.0. The van der Waals surface area contributed by atoms with Crippen LogP contribution in [-0.2, 0) is 4.79 Å². The maximum atomic E-state index is 12.4. The molecule has 0 fully saturated rings. The van der Waals surface area contributed by atoms with Gasteiger partial charge >= 0.3 is 0 Å². The highest BCUT2D eigenvalue weighted by atomic mass is 32.2. The van der Waals surface area contributed by atoms with E-state index in [9.17, 15) is 9.59 Å². The van der Waals surface area contributed by atoms with Gasteiger partial charge in [-0.1, -0.05) is 18.2 Å². The number of nitrogens with one attached hydrogen (secondary N) is 2. The van der Waals surface area contributed by atoms with E-state index in [1.165, 1.54) is 11.8 Å². The lowest BCUT2D eigenvalue weighted by Gasteiger charge is -2.10. The zero-order valence-electron chi connectivity index (χ0n) is 17.2. The number of methoxy groups -OCH3 is 1. The van der Waals surface area contributed by atoms with Gasteiger partial charge in [0.1, 0.15) is 5.75 Å². The van der Waals surface area contributed by atoms with Gasteiger partial charge in [0.25, 0.3) is 5.91 Å². The summed E-state index contributed by atoms with van der Waals surface area (Å²) >= 11 is 1.45. The van der Waals surface area contributed by atoms with E-state index in [4.69, 9.17) is 4.74 Å². The second-order valence-corrected chi connectivity index (χ2v) is 7.91. The van der Waals surface area contributed by atoms with Gasteiger partial charge in [-0.2, -0.15) is 0 Å². The Kier molecular flexibility index (Phi) is 7.14. The standard InChI is InChI=1S/C24H24N2O3S/c1-16-7-8-17(2)22(13-16)26-23(27)15-30-21-11-9-19(10-12-21)25-24(28)18-5-4-6-20(14-18)29-3/h4-14H,15H2,1-3H3,(H,25,28)(H,26,27). The molecule has 0 saturated heterocycles. The Labute approximate surface area is 180 Å². The number of aryl methyl sites for hydroxylation is 2. The van der Waals surface area contributed by atoms with Crippen LogP contribution in [0.25, 0.3) is 0 Å². The molecular weight excluding hydrogens is 396 g/mol. The molecule has 0 unspecified atom stereocenters. The van der Waals surface area contributed by atoms with Crippen LogP contribution in [0.2, 0.25) is 0 Å². The molecule has 2 amide bonds. The van der Waals surface area contributed by atoms with E-state index in [1.54, 1.807) is 31.4 Å². The Bertz CT molecular complexity index is 1050. The molecule has 0 atom stereocenters. The number of rotatable bonds is 7. The normalized spacial score (nSPS) is 10.4. The third-order valence-corrected chi connectivity index (χ3v) is 5.49. The summed E-state index contributed by atoms with van der Waals surface area (Å²) in [5.41, 5.74) is 4.20. The average Bonchev–Trinajstić information content (AvgIpc) is 2.76. The molecule has 0 aliphatic rings. The van der Waals surface area contributed by atoms with Crippen molar-refractivity contribution in [3.05, 3.63) is 83.4 Å². The third-order valence-electron chi connectivity index (χ3n) is 4.48. The number of anilines is 2. The van der Waals surface area contributed by atoms with Crippen LogP contribution in [-0.4, -0.2) is 24.7 Å². The van der Waals surface area contributed by atoms with E-state index < -0.39 is 0 Å². The van der Waals surface area contributed by atoms with Gasteiger partial charge in [0, 0.05) is 21.8 Å². The molecule has 154 valence electrons. The maximum Gasteiger partial charge on any atom is 0.255 e. The van der Waals surface area contributed by atoms with Crippen LogP contribution in [0.3, 0.4) is 0 Å². The van der Waals surface area contributed by atoms with Crippen LogP contribution in [0.15, 0.2) is 71.6 Å². The maximum absolute atomic E-state index is 12.4. The lowest BCUT2D eigenvalue weighted by atomic mass is 10.1. The second-order valence-electron chi connectivity index (χ2n) is 6.87. The fourth-order valence-electron chi connectivity index (χ4n) is 2.81. The molecule has 3 rings (SSSR count). The van der Waals surface area contributed by atoms with Gasteiger partial charge in [-0.15, -0.1) is 11.8 Å². The molecule has 0 spiro atoms. The lowest BCUT2D eigenvalue weighted by molar-refractivity contribution is -0.113. The quantitative estimate of drug-likeness (QED) is 0.509. The molecule has 0 heterocycles. The van der Waals surface area contributed by atoms with Gasteiger partial charge in [0.05, 0.1) is 12.9 Å². The number of carbonyl (C=O) groups excluding carboxylic acids is 2. The van der Waals surface area contributed by atoms with Crippen LogP contribution >= 0.6 is 11.8 Å². The zero-order chi connectivity index (χ0) is 21.5. The van der Waals surface area contributed by atoms with Gasteiger partial charge in [0.15, 0.2) is 0 Å². The van der Waals surface area contributed by atoms with E-state index in [-0.39, 0.29) is 11.8 Å². The Morgan fingerprint density at radius 2 is 1.70 bits per heavy atom.